The zero-order valence-electron chi connectivity index (χ0n) is 12.4. The summed E-state index contributed by atoms with van der Waals surface area (Å²) in [4.78, 5) is 0. The monoisotopic (exact) mass is 276 g/mol. The number of nitrogens with one attached hydrogen (secondary N) is 1. The van der Waals surface area contributed by atoms with E-state index in [1.165, 1.54) is 12.1 Å². The highest BCUT2D eigenvalue weighted by Gasteiger charge is 2.15. The molecule has 0 radical (unpaired) electrons. The molecule has 0 fully saturated rings. The maximum absolute atomic E-state index is 12.9. The Kier molecular flexibility index (Phi) is 4.18. The van der Waals surface area contributed by atoms with Gasteiger partial charge in [0.1, 0.15) is 5.82 Å². The Morgan fingerprint density at radius 3 is 2.45 bits per heavy atom. The largest absolute Gasteiger partial charge is 0.304 e. The third kappa shape index (κ3) is 3.63. The van der Waals surface area contributed by atoms with Gasteiger partial charge in [-0.05, 0) is 45.4 Å². The molecule has 1 heterocycles. The molecule has 0 aliphatic heterocycles. The quantitative estimate of drug-likeness (QED) is 0.933. The number of benzene rings is 1. The third-order valence-corrected chi connectivity index (χ3v) is 3.19. The predicted molar refractivity (Wildman–Crippen MR) is 76.7 cm³/mol. The lowest BCUT2D eigenvalue weighted by atomic mass is 10.1. The summed E-state index contributed by atoms with van der Waals surface area (Å²) < 4.78 is 14.7. The highest BCUT2D eigenvalue weighted by molar-refractivity contribution is 5.19. The van der Waals surface area contributed by atoms with Gasteiger partial charge in [-0.1, -0.05) is 17.3 Å². The summed E-state index contributed by atoms with van der Waals surface area (Å²) in [6.45, 7) is 8.93. The van der Waals surface area contributed by atoms with Crippen LogP contribution in [0.15, 0.2) is 30.5 Å². The lowest BCUT2D eigenvalue weighted by molar-refractivity contribution is 0.347. The van der Waals surface area contributed by atoms with Gasteiger partial charge in [0, 0.05) is 12.6 Å². The number of hydrogen-bond donors (Lipinski definition) is 1. The highest BCUT2D eigenvalue weighted by atomic mass is 19.1. The first-order chi connectivity index (χ1) is 9.36. The van der Waals surface area contributed by atoms with Crippen LogP contribution in [-0.2, 0) is 12.1 Å². The van der Waals surface area contributed by atoms with Gasteiger partial charge in [0.05, 0.1) is 17.4 Å². The fourth-order valence-corrected chi connectivity index (χ4v) is 1.83. The van der Waals surface area contributed by atoms with Crippen LogP contribution in [0.2, 0.25) is 0 Å². The first-order valence-corrected chi connectivity index (χ1v) is 6.77. The number of nitrogens with zero attached hydrogens (tertiary/aromatic N) is 3. The smallest absolute Gasteiger partial charge is 0.123 e. The number of halogens is 1. The molecule has 0 unspecified atom stereocenters. The predicted octanol–water partition coefficient (Wildman–Crippen LogP) is 3.02. The van der Waals surface area contributed by atoms with Crippen LogP contribution in [0.5, 0.6) is 0 Å². The van der Waals surface area contributed by atoms with E-state index in [-0.39, 0.29) is 17.4 Å². The van der Waals surface area contributed by atoms with Crippen LogP contribution in [-0.4, -0.2) is 15.0 Å². The topological polar surface area (TPSA) is 42.7 Å². The Hall–Kier alpha value is -1.75. The highest BCUT2D eigenvalue weighted by Crippen LogP contribution is 2.14. The molecule has 0 bridgehead atoms. The van der Waals surface area contributed by atoms with E-state index in [1.807, 2.05) is 17.8 Å². The zero-order valence-corrected chi connectivity index (χ0v) is 12.4. The molecule has 1 aromatic heterocycles. The summed E-state index contributed by atoms with van der Waals surface area (Å²) in [6, 6.07) is 6.67. The van der Waals surface area contributed by atoms with Gasteiger partial charge in [-0.15, -0.1) is 5.10 Å². The van der Waals surface area contributed by atoms with Crippen LogP contribution in [0, 0.1) is 5.82 Å². The minimum atomic E-state index is -0.214. The Morgan fingerprint density at radius 2 is 1.90 bits per heavy atom. The van der Waals surface area contributed by atoms with Gasteiger partial charge in [-0.25, -0.2) is 9.07 Å². The van der Waals surface area contributed by atoms with Crippen molar-refractivity contribution >= 4 is 0 Å². The molecule has 2 aromatic rings. The minimum absolute atomic E-state index is 0.0617. The van der Waals surface area contributed by atoms with Crippen molar-refractivity contribution < 1.29 is 4.39 Å². The van der Waals surface area contributed by atoms with Crippen molar-refractivity contribution in [3.63, 3.8) is 0 Å². The summed E-state index contributed by atoms with van der Waals surface area (Å²) in [5.41, 5.74) is 1.89. The van der Waals surface area contributed by atoms with E-state index in [4.69, 9.17) is 0 Å². The van der Waals surface area contributed by atoms with E-state index in [1.54, 1.807) is 12.1 Å². The summed E-state index contributed by atoms with van der Waals surface area (Å²) in [5.74, 6) is -0.214. The van der Waals surface area contributed by atoms with E-state index in [0.29, 0.717) is 6.54 Å². The fourth-order valence-electron chi connectivity index (χ4n) is 1.83. The van der Waals surface area contributed by atoms with Crippen molar-refractivity contribution in [1.82, 2.24) is 20.3 Å². The SMILES string of the molecule is C[C@@H](NCc1cn(C(C)(C)C)nn1)c1ccc(F)cc1. The van der Waals surface area contributed by atoms with Crippen molar-refractivity contribution in [1.29, 1.82) is 0 Å². The Labute approximate surface area is 119 Å². The average Bonchev–Trinajstić information content (AvgIpc) is 2.85. The van der Waals surface area contributed by atoms with Crippen molar-refractivity contribution in [3.8, 4) is 0 Å². The van der Waals surface area contributed by atoms with E-state index in [9.17, 15) is 4.39 Å². The molecule has 0 saturated carbocycles. The fraction of sp³-hybridized carbons (Fsp3) is 0.467. The summed E-state index contributed by atoms with van der Waals surface area (Å²) in [5, 5.41) is 11.6. The second kappa shape index (κ2) is 5.71. The lowest BCUT2D eigenvalue weighted by Crippen LogP contribution is -2.22. The normalized spacial score (nSPS) is 13.4. The number of aromatic nitrogens is 3. The molecule has 108 valence electrons. The van der Waals surface area contributed by atoms with Gasteiger partial charge >= 0.3 is 0 Å². The van der Waals surface area contributed by atoms with Gasteiger partial charge in [-0.2, -0.15) is 0 Å². The van der Waals surface area contributed by atoms with Crippen LogP contribution in [0.25, 0.3) is 0 Å². The Balaban J connectivity index is 1.95. The van der Waals surface area contributed by atoms with Gasteiger partial charge in [0.2, 0.25) is 0 Å². The Morgan fingerprint density at radius 1 is 1.25 bits per heavy atom. The van der Waals surface area contributed by atoms with Crippen LogP contribution in [0.3, 0.4) is 0 Å². The molecule has 0 aliphatic rings. The zero-order chi connectivity index (χ0) is 14.8. The molecule has 0 saturated heterocycles. The summed E-state index contributed by atoms with van der Waals surface area (Å²) in [6.07, 6.45) is 1.95. The van der Waals surface area contributed by atoms with Crippen LogP contribution >= 0.6 is 0 Å². The molecule has 0 aliphatic carbocycles. The number of hydrogen-bond acceptors (Lipinski definition) is 3. The van der Waals surface area contributed by atoms with E-state index in [0.717, 1.165) is 11.3 Å². The molecule has 1 atom stereocenters. The van der Waals surface area contributed by atoms with Gasteiger partial charge < -0.3 is 5.32 Å². The molecular formula is C15H21FN4. The molecule has 5 heteroatoms. The first-order valence-electron chi connectivity index (χ1n) is 6.77. The van der Waals surface area contributed by atoms with Gasteiger partial charge in [0.15, 0.2) is 0 Å². The maximum atomic E-state index is 12.9. The van der Waals surface area contributed by atoms with Crippen molar-refractivity contribution in [2.45, 2.75) is 45.8 Å². The van der Waals surface area contributed by atoms with Crippen LogP contribution in [0.4, 0.5) is 4.39 Å². The van der Waals surface area contributed by atoms with Crippen LogP contribution in [0.1, 0.15) is 45.0 Å². The lowest BCUT2D eigenvalue weighted by Gasteiger charge is -2.17. The van der Waals surface area contributed by atoms with Gasteiger partial charge in [0.25, 0.3) is 0 Å². The molecule has 2 rings (SSSR count). The third-order valence-electron chi connectivity index (χ3n) is 3.19. The molecule has 1 N–H and O–H groups in total. The van der Waals surface area contributed by atoms with E-state index < -0.39 is 0 Å². The molecular weight excluding hydrogens is 255 g/mol. The maximum Gasteiger partial charge on any atom is 0.123 e. The molecule has 0 spiro atoms. The molecule has 20 heavy (non-hydrogen) atoms. The standard InChI is InChI=1S/C15H21FN4/c1-11(12-5-7-13(16)8-6-12)17-9-14-10-20(19-18-14)15(2,3)4/h5-8,10-11,17H,9H2,1-4H3/t11-/m1/s1. The molecule has 0 amide bonds. The van der Waals surface area contributed by atoms with Crippen LogP contribution < -0.4 is 5.32 Å². The van der Waals surface area contributed by atoms with Crippen molar-refractivity contribution in [2.24, 2.45) is 0 Å². The van der Waals surface area contributed by atoms with Crippen molar-refractivity contribution in [3.05, 3.63) is 47.5 Å². The average molecular weight is 276 g/mol. The minimum Gasteiger partial charge on any atom is -0.304 e. The van der Waals surface area contributed by atoms with Crippen molar-refractivity contribution in [2.75, 3.05) is 0 Å². The second-order valence-corrected chi connectivity index (χ2v) is 5.98. The first kappa shape index (κ1) is 14.7. The van der Waals surface area contributed by atoms with Gasteiger partial charge in [-0.3, -0.25) is 0 Å². The van der Waals surface area contributed by atoms with E-state index >= 15 is 0 Å². The molecule has 1 aromatic carbocycles. The Bertz CT molecular complexity index is 554. The summed E-state index contributed by atoms with van der Waals surface area (Å²) in [7, 11) is 0. The van der Waals surface area contributed by atoms with E-state index in [2.05, 4.69) is 36.4 Å². The second-order valence-electron chi connectivity index (χ2n) is 5.98. The molecule has 4 nitrogen and oxygen atoms in total. The number of rotatable bonds is 4. The summed E-state index contributed by atoms with van der Waals surface area (Å²) >= 11 is 0.